The standard InChI is InChI=1S/C16H19N7OS/c1-10-4-6-12(7-5-10)15-19-20-16(23(15)17)25-9-14(24)18-13-8-11(2)21-22(13)3/h4-8H,9,17H2,1-3H3,(H,18,24). The molecule has 0 atom stereocenters. The van der Waals surface area contributed by atoms with Crippen LogP contribution in [0.15, 0.2) is 35.5 Å². The minimum Gasteiger partial charge on any atom is -0.335 e. The molecule has 0 aliphatic rings. The second-order valence-electron chi connectivity index (χ2n) is 5.67. The maximum absolute atomic E-state index is 12.1. The van der Waals surface area contributed by atoms with E-state index in [9.17, 15) is 4.79 Å². The molecule has 3 aromatic rings. The Morgan fingerprint density at radius 3 is 2.60 bits per heavy atom. The number of nitrogens with zero attached hydrogens (tertiary/aromatic N) is 5. The summed E-state index contributed by atoms with van der Waals surface area (Å²) >= 11 is 1.23. The summed E-state index contributed by atoms with van der Waals surface area (Å²) in [6.45, 7) is 3.88. The van der Waals surface area contributed by atoms with Crippen LogP contribution in [-0.2, 0) is 11.8 Å². The molecule has 9 heteroatoms. The Kier molecular flexibility index (Phi) is 4.75. The van der Waals surface area contributed by atoms with Gasteiger partial charge < -0.3 is 11.2 Å². The van der Waals surface area contributed by atoms with Crippen LogP contribution in [0.25, 0.3) is 11.4 Å². The van der Waals surface area contributed by atoms with Crippen LogP contribution in [-0.4, -0.2) is 36.3 Å². The molecular weight excluding hydrogens is 338 g/mol. The topological polar surface area (TPSA) is 104 Å². The summed E-state index contributed by atoms with van der Waals surface area (Å²) in [6, 6.07) is 9.66. The first kappa shape index (κ1) is 17.0. The Morgan fingerprint density at radius 2 is 1.96 bits per heavy atom. The average Bonchev–Trinajstić information content (AvgIpc) is 3.08. The van der Waals surface area contributed by atoms with Crippen molar-refractivity contribution in [3.63, 3.8) is 0 Å². The zero-order chi connectivity index (χ0) is 18.0. The number of carbonyl (C=O) groups excluding carboxylic acids is 1. The van der Waals surface area contributed by atoms with Crippen LogP contribution in [0.2, 0.25) is 0 Å². The van der Waals surface area contributed by atoms with E-state index in [0.717, 1.165) is 16.8 Å². The quantitative estimate of drug-likeness (QED) is 0.532. The Bertz CT molecular complexity index is 898. The molecule has 0 bridgehead atoms. The number of aromatic nitrogens is 5. The van der Waals surface area contributed by atoms with E-state index in [0.29, 0.717) is 16.8 Å². The van der Waals surface area contributed by atoms with E-state index in [4.69, 9.17) is 5.84 Å². The van der Waals surface area contributed by atoms with Crippen molar-refractivity contribution < 1.29 is 4.79 Å². The number of nitrogen functional groups attached to an aromatic ring is 1. The third kappa shape index (κ3) is 3.82. The Morgan fingerprint density at radius 1 is 1.24 bits per heavy atom. The van der Waals surface area contributed by atoms with Crippen molar-refractivity contribution >= 4 is 23.5 Å². The fourth-order valence-corrected chi connectivity index (χ4v) is 2.97. The molecule has 0 aliphatic heterocycles. The molecule has 0 radical (unpaired) electrons. The molecule has 0 aliphatic carbocycles. The first-order chi connectivity index (χ1) is 11.9. The highest BCUT2D eigenvalue weighted by Crippen LogP contribution is 2.22. The van der Waals surface area contributed by atoms with Gasteiger partial charge in [-0.25, -0.2) is 4.68 Å². The van der Waals surface area contributed by atoms with Crippen LogP contribution in [0.3, 0.4) is 0 Å². The molecule has 1 aromatic carbocycles. The molecule has 0 saturated carbocycles. The van der Waals surface area contributed by atoms with Crippen LogP contribution in [0.5, 0.6) is 0 Å². The van der Waals surface area contributed by atoms with Crippen molar-refractivity contribution in [3.05, 3.63) is 41.6 Å². The molecular formula is C16H19N7OS. The van der Waals surface area contributed by atoms with E-state index in [1.165, 1.54) is 16.4 Å². The smallest absolute Gasteiger partial charge is 0.235 e. The predicted molar refractivity (Wildman–Crippen MR) is 97.6 cm³/mol. The summed E-state index contributed by atoms with van der Waals surface area (Å²) in [5, 5.41) is 15.7. The largest absolute Gasteiger partial charge is 0.335 e. The van der Waals surface area contributed by atoms with Crippen molar-refractivity contribution in [1.29, 1.82) is 0 Å². The van der Waals surface area contributed by atoms with Crippen LogP contribution in [0, 0.1) is 13.8 Å². The second-order valence-corrected chi connectivity index (χ2v) is 6.62. The van der Waals surface area contributed by atoms with E-state index >= 15 is 0 Å². The van der Waals surface area contributed by atoms with Gasteiger partial charge in [-0.2, -0.15) is 5.10 Å². The SMILES string of the molecule is Cc1ccc(-c2nnc(SCC(=O)Nc3cc(C)nn3C)n2N)cc1. The van der Waals surface area contributed by atoms with Crippen LogP contribution in [0.4, 0.5) is 5.82 Å². The molecule has 0 spiro atoms. The third-order valence-electron chi connectivity index (χ3n) is 3.58. The number of aryl methyl sites for hydroxylation is 3. The zero-order valence-electron chi connectivity index (χ0n) is 14.2. The molecule has 130 valence electrons. The number of hydrogen-bond acceptors (Lipinski definition) is 6. The molecule has 2 heterocycles. The van der Waals surface area contributed by atoms with Crippen molar-refractivity contribution in [2.45, 2.75) is 19.0 Å². The van der Waals surface area contributed by atoms with Crippen molar-refractivity contribution in [2.24, 2.45) is 7.05 Å². The van der Waals surface area contributed by atoms with Crippen molar-refractivity contribution in [2.75, 3.05) is 16.9 Å². The summed E-state index contributed by atoms with van der Waals surface area (Å²) in [5.74, 6) is 7.29. The molecule has 3 rings (SSSR count). The molecule has 0 fully saturated rings. The number of nitrogens with one attached hydrogen (secondary N) is 1. The van der Waals surface area contributed by atoms with E-state index in [2.05, 4.69) is 20.6 Å². The lowest BCUT2D eigenvalue weighted by molar-refractivity contribution is -0.113. The van der Waals surface area contributed by atoms with Gasteiger partial charge in [0.15, 0.2) is 5.82 Å². The maximum Gasteiger partial charge on any atom is 0.235 e. The maximum atomic E-state index is 12.1. The molecule has 25 heavy (non-hydrogen) atoms. The van der Waals surface area contributed by atoms with Gasteiger partial charge in [0.1, 0.15) is 5.82 Å². The van der Waals surface area contributed by atoms with E-state index in [-0.39, 0.29) is 11.7 Å². The van der Waals surface area contributed by atoms with E-state index < -0.39 is 0 Å². The average molecular weight is 357 g/mol. The number of amides is 1. The fourth-order valence-electron chi connectivity index (χ4n) is 2.31. The summed E-state index contributed by atoms with van der Waals surface area (Å²) in [6.07, 6.45) is 0. The molecule has 1 amide bonds. The van der Waals surface area contributed by atoms with Crippen LogP contribution in [0.1, 0.15) is 11.3 Å². The Hall–Kier alpha value is -2.81. The summed E-state index contributed by atoms with van der Waals surface area (Å²) in [5.41, 5.74) is 2.88. The monoisotopic (exact) mass is 357 g/mol. The van der Waals surface area contributed by atoms with Gasteiger partial charge in [0.05, 0.1) is 11.4 Å². The fraction of sp³-hybridized carbons (Fsp3) is 0.250. The van der Waals surface area contributed by atoms with Crippen molar-refractivity contribution in [1.82, 2.24) is 24.7 Å². The van der Waals surface area contributed by atoms with Gasteiger partial charge in [-0.3, -0.25) is 9.48 Å². The first-order valence-electron chi connectivity index (χ1n) is 7.65. The highest BCUT2D eigenvalue weighted by atomic mass is 32.2. The van der Waals surface area contributed by atoms with Gasteiger partial charge >= 0.3 is 0 Å². The first-order valence-corrected chi connectivity index (χ1v) is 8.63. The lowest BCUT2D eigenvalue weighted by atomic mass is 10.1. The summed E-state index contributed by atoms with van der Waals surface area (Å²) < 4.78 is 3.02. The minimum absolute atomic E-state index is 0.159. The lowest BCUT2D eigenvalue weighted by Crippen LogP contribution is -2.18. The zero-order valence-corrected chi connectivity index (χ0v) is 15.0. The Balaban J connectivity index is 1.65. The van der Waals surface area contributed by atoms with Gasteiger partial charge in [0.2, 0.25) is 11.1 Å². The number of rotatable bonds is 5. The molecule has 0 saturated heterocycles. The number of carbonyl (C=O) groups is 1. The van der Waals surface area contributed by atoms with Crippen LogP contribution >= 0.6 is 11.8 Å². The van der Waals surface area contributed by atoms with Gasteiger partial charge in [0.25, 0.3) is 0 Å². The summed E-state index contributed by atoms with van der Waals surface area (Å²) in [7, 11) is 1.78. The number of thioether (sulfide) groups is 1. The Labute approximate surface area is 149 Å². The van der Waals surface area contributed by atoms with Gasteiger partial charge in [0, 0.05) is 18.7 Å². The highest BCUT2D eigenvalue weighted by molar-refractivity contribution is 7.99. The van der Waals surface area contributed by atoms with Crippen molar-refractivity contribution in [3.8, 4) is 11.4 Å². The lowest BCUT2D eigenvalue weighted by Gasteiger charge is -2.05. The molecule has 2 aromatic heterocycles. The highest BCUT2D eigenvalue weighted by Gasteiger charge is 2.14. The molecule has 8 nitrogen and oxygen atoms in total. The minimum atomic E-state index is -0.159. The number of benzene rings is 1. The molecule has 0 unspecified atom stereocenters. The predicted octanol–water partition coefficient (Wildman–Crippen LogP) is 1.74. The van der Waals surface area contributed by atoms with Gasteiger partial charge in [-0.15, -0.1) is 10.2 Å². The second kappa shape index (κ2) is 6.98. The molecule has 3 N–H and O–H groups in total. The number of nitrogens with two attached hydrogens (primary N) is 1. The van der Waals surface area contributed by atoms with Gasteiger partial charge in [-0.05, 0) is 13.8 Å². The number of anilines is 1. The third-order valence-corrected chi connectivity index (χ3v) is 4.52. The van der Waals surface area contributed by atoms with Crippen LogP contribution < -0.4 is 11.2 Å². The van der Waals surface area contributed by atoms with E-state index in [1.54, 1.807) is 11.7 Å². The number of hydrogen-bond donors (Lipinski definition) is 2. The van der Waals surface area contributed by atoms with Gasteiger partial charge in [-0.1, -0.05) is 41.6 Å². The summed E-state index contributed by atoms with van der Waals surface area (Å²) in [4.78, 5) is 12.1. The normalized spacial score (nSPS) is 10.8. The van der Waals surface area contributed by atoms with E-state index in [1.807, 2.05) is 44.2 Å².